The molecule has 0 aromatic heterocycles. The van der Waals surface area contributed by atoms with Gasteiger partial charge in [-0.25, -0.2) is 0 Å². The molecule has 0 aliphatic rings. The van der Waals surface area contributed by atoms with Gasteiger partial charge in [0.15, 0.2) is 0 Å². The molecule has 0 spiro atoms. The van der Waals surface area contributed by atoms with Crippen molar-refractivity contribution in [3.8, 4) is 6.07 Å². The van der Waals surface area contributed by atoms with Gasteiger partial charge in [0, 0.05) is 10.4 Å². The van der Waals surface area contributed by atoms with E-state index < -0.39 is 0 Å². The van der Waals surface area contributed by atoms with Gasteiger partial charge in [-0.1, -0.05) is 13.0 Å². The van der Waals surface area contributed by atoms with E-state index in [4.69, 9.17) is 5.26 Å². The molecule has 1 atom stereocenters. The van der Waals surface area contributed by atoms with Gasteiger partial charge in [0.25, 0.3) is 0 Å². The van der Waals surface area contributed by atoms with E-state index in [1.807, 2.05) is 32.9 Å². The predicted octanol–water partition coefficient (Wildman–Crippen LogP) is 3.34. The molecule has 0 fully saturated rings. The average Bonchev–Trinajstić information content (AvgIpc) is 2.38. The Bertz CT molecular complexity index is 491. The number of amides is 1. The molecule has 1 rings (SSSR count). The Hall–Kier alpha value is -1.47. The molecule has 1 aromatic rings. The number of hydrogen-bond donors (Lipinski definition) is 1. The summed E-state index contributed by atoms with van der Waals surface area (Å²) in [4.78, 5) is 13.0. The van der Waals surface area contributed by atoms with Gasteiger partial charge >= 0.3 is 0 Å². The number of rotatable bonds is 5. The largest absolute Gasteiger partial charge is 0.350 e. The molecule has 1 amide bonds. The zero-order valence-electron chi connectivity index (χ0n) is 11.9. The van der Waals surface area contributed by atoms with Crippen LogP contribution in [0.2, 0.25) is 0 Å². The Morgan fingerprint density at radius 1 is 1.53 bits per heavy atom. The number of thioether (sulfide) groups is 1. The second-order valence-corrected chi connectivity index (χ2v) is 6.54. The van der Waals surface area contributed by atoms with Crippen molar-refractivity contribution in [2.24, 2.45) is 0 Å². The lowest BCUT2D eigenvalue weighted by Gasteiger charge is -2.26. The van der Waals surface area contributed by atoms with Gasteiger partial charge in [0.05, 0.1) is 16.9 Å². The van der Waals surface area contributed by atoms with Crippen molar-refractivity contribution in [2.45, 2.75) is 49.8 Å². The van der Waals surface area contributed by atoms with Gasteiger partial charge in [0.2, 0.25) is 5.91 Å². The first-order valence-corrected chi connectivity index (χ1v) is 7.25. The number of nitriles is 1. The van der Waals surface area contributed by atoms with E-state index in [1.54, 1.807) is 12.1 Å². The number of nitrogens with zero attached hydrogens (tertiary/aromatic N) is 1. The SMILES string of the molecule is CCC(C)(C)NC(=O)[C@@H](C)Sc1cccc(C#N)c1. The van der Waals surface area contributed by atoms with Crippen LogP contribution in [0.4, 0.5) is 0 Å². The summed E-state index contributed by atoms with van der Waals surface area (Å²) in [6, 6.07) is 9.42. The molecular formula is C15H20N2OS. The topological polar surface area (TPSA) is 52.9 Å². The van der Waals surface area contributed by atoms with E-state index in [0.29, 0.717) is 5.56 Å². The quantitative estimate of drug-likeness (QED) is 0.839. The Labute approximate surface area is 119 Å². The number of benzene rings is 1. The van der Waals surface area contributed by atoms with Crippen LogP contribution >= 0.6 is 11.8 Å². The van der Waals surface area contributed by atoms with Gasteiger partial charge in [-0.15, -0.1) is 11.8 Å². The maximum absolute atomic E-state index is 12.1. The first kappa shape index (κ1) is 15.6. The standard InChI is InChI=1S/C15H20N2OS/c1-5-15(3,4)17-14(18)11(2)19-13-8-6-7-12(9-13)10-16/h6-9,11H,5H2,1-4H3,(H,17,18)/t11-/m1/s1. The van der Waals surface area contributed by atoms with Crippen molar-refractivity contribution in [3.63, 3.8) is 0 Å². The lowest BCUT2D eigenvalue weighted by atomic mass is 10.0. The Morgan fingerprint density at radius 3 is 2.79 bits per heavy atom. The molecule has 3 nitrogen and oxygen atoms in total. The summed E-state index contributed by atoms with van der Waals surface area (Å²) in [5.41, 5.74) is 0.437. The number of nitrogens with one attached hydrogen (secondary N) is 1. The predicted molar refractivity (Wildman–Crippen MR) is 79.0 cm³/mol. The Balaban J connectivity index is 2.66. The first-order chi connectivity index (χ1) is 8.88. The van der Waals surface area contributed by atoms with Gasteiger partial charge < -0.3 is 5.32 Å². The van der Waals surface area contributed by atoms with Gasteiger partial charge in [-0.2, -0.15) is 5.26 Å². The molecule has 0 saturated heterocycles. The summed E-state index contributed by atoms with van der Waals surface area (Å²) < 4.78 is 0. The average molecular weight is 276 g/mol. The second-order valence-electron chi connectivity index (χ2n) is 5.13. The summed E-state index contributed by atoms with van der Waals surface area (Å²) in [5, 5.41) is 11.7. The van der Waals surface area contributed by atoms with Crippen LogP contribution in [0.1, 0.15) is 39.7 Å². The van der Waals surface area contributed by atoms with Crippen LogP contribution in [-0.2, 0) is 4.79 Å². The minimum atomic E-state index is -0.181. The summed E-state index contributed by atoms with van der Waals surface area (Å²) in [5.74, 6) is 0.0270. The van der Waals surface area contributed by atoms with Crippen LogP contribution in [0.25, 0.3) is 0 Å². The fourth-order valence-electron chi connectivity index (χ4n) is 1.42. The third kappa shape index (κ3) is 4.96. The number of carbonyl (C=O) groups excluding carboxylic acids is 1. The van der Waals surface area contributed by atoms with E-state index in [2.05, 4.69) is 18.3 Å². The normalized spacial score (nSPS) is 12.6. The van der Waals surface area contributed by atoms with Crippen molar-refractivity contribution in [1.29, 1.82) is 5.26 Å². The molecule has 1 aromatic carbocycles. The van der Waals surface area contributed by atoms with Crippen LogP contribution in [0.3, 0.4) is 0 Å². The van der Waals surface area contributed by atoms with Crippen molar-refractivity contribution in [1.82, 2.24) is 5.32 Å². The Kier molecular flexibility index (Phi) is 5.44. The van der Waals surface area contributed by atoms with Crippen LogP contribution in [-0.4, -0.2) is 16.7 Å². The lowest BCUT2D eigenvalue weighted by molar-refractivity contribution is -0.121. The summed E-state index contributed by atoms with van der Waals surface area (Å²) >= 11 is 1.47. The fraction of sp³-hybridized carbons (Fsp3) is 0.467. The van der Waals surface area contributed by atoms with Gasteiger partial charge in [-0.05, 0) is 45.4 Å². The molecule has 0 unspecified atom stereocenters. The molecule has 0 radical (unpaired) electrons. The molecule has 0 bridgehead atoms. The third-order valence-corrected chi connectivity index (χ3v) is 4.08. The number of hydrogen-bond acceptors (Lipinski definition) is 3. The van der Waals surface area contributed by atoms with Crippen LogP contribution in [0.15, 0.2) is 29.2 Å². The molecule has 1 N–H and O–H groups in total. The highest BCUT2D eigenvalue weighted by molar-refractivity contribution is 8.00. The summed E-state index contributed by atoms with van der Waals surface area (Å²) in [6.07, 6.45) is 0.889. The van der Waals surface area contributed by atoms with Crippen molar-refractivity contribution >= 4 is 17.7 Å². The van der Waals surface area contributed by atoms with Crippen molar-refractivity contribution in [3.05, 3.63) is 29.8 Å². The third-order valence-electron chi connectivity index (χ3n) is 2.99. The van der Waals surface area contributed by atoms with E-state index in [-0.39, 0.29) is 16.7 Å². The molecule has 4 heteroatoms. The van der Waals surface area contributed by atoms with E-state index >= 15 is 0 Å². The molecule has 19 heavy (non-hydrogen) atoms. The van der Waals surface area contributed by atoms with Crippen molar-refractivity contribution < 1.29 is 4.79 Å². The van der Waals surface area contributed by atoms with Crippen molar-refractivity contribution in [2.75, 3.05) is 0 Å². The monoisotopic (exact) mass is 276 g/mol. The maximum Gasteiger partial charge on any atom is 0.233 e. The zero-order valence-corrected chi connectivity index (χ0v) is 12.7. The van der Waals surface area contributed by atoms with E-state index in [1.165, 1.54) is 11.8 Å². The lowest BCUT2D eigenvalue weighted by Crippen LogP contribution is -2.46. The van der Waals surface area contributed by atoms with Crippen LogP contribution in [0, 0.1) is 11.3 Å². The molecule has 0 heterocycles. The van der Waals surface area contributed by atoms with Crippen LogP contribution in [0.5, 0.6) is 0 Å². The van der Waals surface area contributed by atoms with E-state index in [0.717, 1.165) is 11.3 Å². The van der Waals surface area contributed by atoms with Gasteiger partial charge in [0.1, 0.15) is 0 Å². The maximum atomic E-state index is 12.1. The number of carbonyl (C=O) groups is 1. The molecular weight excluding hydrogens is 256 g/mol. The highest BCUT2D eigenvalue weighted by atomic mass is 32.2. The minimum Gasteiger partial charge on any atom is -0.350 e. The smallest absolute Gasteiger partial charge is 0.233 e. The summed E-state index contributed by atoms with van der Waals surface area (Å²) in [6.45, 7) is 7.95. The first-order valence-electron chi connectivity index (χ1n) is 6.37. The fourth-order valence-corrected chi connectivity index (χ4v) is 2.35. The molecule has 102 valence electrons. The highest BCUT2D eigenvalue weighted by Crippen LogP contribution is 2.24. The van der Waals surface area contributed by atoms with Gasteiger partial charge in [-0.3, -0.25) is 4.79 Å². The minimum absolute atomic E-state index is 0.0270. The summed E-state index contributed by atoms with van der Waals surface area (Å²) in [7, 11) is 0. The molecule has 0 aliphatic carbocycles. The molecule has 0 aliphatic heterocycles. The van der Waals surface area contributed by atoms with Crippen LogP contribution < -0.4 is 5.32 Å². The Morgan fingerprint density at radius 2 is 2.21 bits per heavy atom. The molecule has 0 saturated carbocycles. The van der Waals surface area contributed by atoms with E-state index in [9.17, 15) is 4.79 Å². The second kappa shape index (κ2) is 6.63. The highest BCUT2D eigenvalue weighted by Gasteiger charge is 2.22. The zero-order chi connectivity index (χ0) is 14.5.